The predicted molar refractivity (Wildman–Crippen MR) is 151 cm³/mol. The molecule has 8 heteroatoms. The molecule has 0 N–H and O–H groups in total. The normalized spacial score (nSPS) is 27.5. The van der Waals surface area contributed by atoms with Gasteiger partial charge in [0.2, 0.25) is 0 Å². The highest BCUT2D eigenvalue weighted by molar-refractivity contribution is 5.68. The molecule has 0 bridgehead atoms. The molecule has 4 heterocycles. The SMILES string of the molecule is CC(C)=CCC[C@@]1(C)Oc2c(OCc3cc(C)on3)cccc2[C@H]2O[C@H]3CCN(C(=O)OC(C)(C)C)C[C@@H]3C[C@@H]21. The van der Waals surface area contributed by atoms with E-state index in [4.69, 9.17) is 23.5 Å². The maximum Gasteiger partial charge on any atom is 0.410 e. The monoisotopic (exact) mass is 552 g/mol. The van der Waals surface area contributed by atoms with Gasteiger partial charge in [0.15, 0.2) is 11.5 Å². The maximum absolute atomic E-state index is 12.9. The third-order valence-corrected chi connectivity index (χ3v) is 8.24. The molecule has 0 aliphatic carbocycles. The highest BCUT2D eigenvalue weighted by atomic mass is 16.6. The molecule has 0 unspecified atom stereocenters. The highest BCUT2D eigenvalue weighted by Gasteiger charge is 2.54. The third kappa shape index (κ3) is 6.17. The summed E-state index contributed by atoms with van der Waals surface area (Å²) in [5.74, 6) is 2.57. The lowest BCUT2D eigenvalue weighted by Crippen LogP contribution is -2.57. The van der Waals surface area contributed by atoms with E-state index in [2.05, 4.69) is 38.1 Å². The van der Waals surface area contributed by atoms with Crippen molar-refractivity contribution in [2.75, 3.05) is 13.1 Å². The van der Waals surface area contributed by atoms with Crippen molar-refractivity contribution in [3.05, 3.63) is 52.9 Å². The van der Waals surface area contributed by atoms with E-state index in [1.165, 1.54) is 5.57 Å². The van der Waals surface area contributed by atoms with Crippen molar-refractivity contribution < 1.29 is 28.3 Å². The Hall–Kier alpha value is -3.00. The topological polar surface area (TPSA) is 83.3 Å². The molecule has 2 aromatic rings. The van der Waals surface area contributed by atoms with Crippen LogP contribution in [0.2, 0.25) is 0 Å². The summed E-state index contributed by atoms with van der Waals surface area (Å²) in [7, 11) is 0. The third-order valence-electron chi connectivity index (χ3n) is 8.24. The van der Waals surface area contributed by atoms with E-state index in [0.717, 1.165) is 48.5 Å². The van der Waals surface area contributed by atoms with Gasteiger partial charge in [0, 0.05) is 36.6 Å². The molecule has 1 amide bonds. The van der Waals surface area contributed by atoms with Crippen LogP contribution in [0.5, 0.6) is 11.5 Å². The number of likely N-dealkylation sites (tertiary alicyclic amines) is 1. The van der Waals surface area contributed by atoms with E-state index >= 15 is 0 Å². The lowest BCUT2D eigenvalue weighted by atomic mass is 9.68. The van der Waals surface area contributed by atoms with Gasteiger partial charge in [-0.2, -0.15) is 0 Å². The molecular formula is C32H44N2O6. The largest absolute Gasteiger partial charge is 0.483 e. The summed E-state index contributed by atoms with van der Waals surface area (Å²) in [6.07, 6.45) is 5.48. The summed E-state index contributed by atoms with van der Waals surface area (Å²) in [5, 5.41) is 4.07. The molecule has 3 aliphatic rings. The quantitative estimate of drug-likeness (QED) is 0.352. The molecule has 1 aromatic carbocycles. The van der Waals surface area contributed by atoms with Crippen LogP contribution in [0.3, 0.4) is 0 Å². The average Bonchev–Trinajstić information content (AvgIpc) is 3.30. The fourth-order valence-corrected chi connectivity index (χ4v) is 6.31. The second kappa shape index (κ2) is 11.1. The van der Waals surface area contributed by atoms with Crippen LogP contribution in [-0.4, -0.2) is 46.5 Å². The molecule has 0 saturated carbocycles. The van der Waals surface area contributed by atoms with Gasteiger partial charge in [0.1, 0.15) is 29.3 Å². The van der Waals surface area contributed by atoms with Gasteiger partial charge in [0.25, 0.3) is 0 Å². The van der Waals surface area contributed by atoms with Crippen molar-refractivity contribution >= 4 is 6.09 Å². The second-order valence-corrected chi connectivity index (χ2v) is 13.0. The van der Waals surface area contributed by atoms with Crippen LogP contribution in [0.25, 0.3) is 0 Å². The number of hydrogen-bond donors (Lipinski definition) is 0. The van der Waals surface area contributed by atoms with Crippen molar-refractivity contribution in [2.24, 2.45) is 11.8 Å². The molecule has 1 aromatic heterocycles. The van der Waals surface area contributed by atoms with E-state index < -0.39 is 11.2 Å². The number of carbonyl (C=O) groups is 1. The molecule has 8 nitrogen and oxygen atoms in total. The molecule has 40 heavy (non-hydrogen) atoms. The van der Waals surface area contributed by atoms with Crippen molar-refractivity contribution in [1.82, 2.24) is 10.1 Å². The zero-order chi connectivity index (χ0) is 28.7. The van der Waals surface area contributed by atoms with Crippen molar-refractivity contribution in [2.45, 2.75) is 104 Å². The van der Waals surface area contributed by atoms with E-state index in [1.807, 2.05) is 50.8 Å². The lowest BCUT2D eigenvalue weighted by Gasteiger charge is -2.54. The van der Waals surface area contributed by atoms with Gasteiger partial charge in [0.05, 0.1) is 12.2 Å². The van der Waals surface area contributed by atoms with Crippen LogP contribution < -0.4 is 9.47 Å². The van der Waals surface area contributed by atoms with E-state index in [-0.39, 0.29) is 30.1 Å². The standard InChI is InChI=1S/C32H44N2O6/c1-20(2)10-9-14-32(7)25-17-22-18-34(30(35)39-31(4,5)6)15-13-26(22)37-28(25)24-11-8-12-27(29(24)38-32)36-19-23-16-21(3)40-33-23/h8,10-12,16,22,25-26,28H,9,13-15,17-19H2,1-7H3/t22-,25-,26-,28+,32+/m0/s1. The Morgan fingerprint density at radius 3 is 2.77 bits per heavy atom. The summed E-state index contributed by atoms with van der Waals surface area (Å²) in [6, 6.07) is 7.94. The number of allylic oxidation sites excluding steroid dienone is 2. The molecular weight excluding hydrogens is 508 g/mol. The Labute approximate surface area is 238 Å². The summed E-state index contributed by atoms with van der Waals surface area (Å²) < 4.78 is 31.0. The number of benzene rings is 1. The van der Waals surface area contributed by atoms with Gasteiger partial charge in [-0.15, -0.1) is 0 Å². The number of aromatic nitrogens is 1. The predicted octanol–water partition coefficient (Wildman–Crippen LogP) is 7.16. The van der Waals surface area contributed by atoms with Gasteiger partial charge in [-0.05, 0) is 80.2 Å². The Morgan fingerprint density at radius 2 is 2.08 bits per heavy atom. The van der Waals surface area contributed by atoms with E-state index in [0.29, 0.717) is 25.4 Å². The zero-order valence-corrected chi connectivity index (χ0v) is 25.0. The molecule has 5 atom stereocenters. The van der Waals surface area contributed by atoms with Crippen LogP contribution in [0.4, 0.5) is 4.79 Å². The first-order chi connectivity index (χ1) is 18.9. The van der Waals surface area contributed by atoms with E-state index in [1.54, 1.807) is 0 Å². The van der Waals surface area contributed by atoms with Crippen LogP contribution >= 0.6 is 0 Å². The number of ether oxygens (including phenoxy) is 4. The number of nitrogens with zero attached hydrogens (tertiary/aromatic N) is 2. The summed E-state index contributed by atoms with van der Waals surface area (Å²) in [6.45, 7) is 15.6. The summed E-state index contributed by atoms with van der Waals surface area (Å²) >= 11 is 0. The number of carbonyl (C=O) groups excluding carboxylic acids is 1. The average molecular weight is 553 g/mol. The number of aryl methyl sites for hydroxylation is 1. The molecule has 3 aliphatic heterocycles. The Kier molecular flexibility index (Phi) is 7.92. The smallest absolute Gasteiger partial charge is 0.410 e. The first-order valence-electron chi connectivity index (χ1n) is 14.6. The lowest BCUT2D eigenvalue weighted by molar-refractivity contribution is -0.191. The molecule has 5 rings (SSSR count). The van der Waals surface area contributed by atoms with Gasteiger partial charge < -0.3 is 28.4 Å². The van der Waals surface area contributed by atoms with Gasteiger partial charge in [-0.3, -0.25) is 0 Å². The number of hydrogen-bond acceptors (Lipinski definition) is 7. The minimum Gasteiger partial charge on any atom is -0.483 e. The number of fused-ring (bicyclic) bond motifs is 4. The minimum absolute atomic E-state index is 0.0793. The van der Waals surface area contributed by atoms with E-state index in [9.17, 15) is 4.79 Å². The Balaban J connectivity index is 1.41. The van der Waals surface area contributed by atoms with Gasteiger partial charge >= 0.3 is 6.09 Å². The Morgan fingerprint density at radius 1 is 1.27 bits per heavy atom. The maximum atomic E-state index is 12.9. The van der Waals surface area contributed by atoms with Crippen molar-refractivity contribution in [3.8, 4) is 11.5 Å². The molecule has 218 valence electrons. The fourth-order valence-electron chi connectivity index (χ4n) is 6.31. The summed E-state index contributed by atoms with van der Waals surface area (Å²) in [5.41, 5.74) is 2.09. The molecule has 0 spiro atoms. The Bertz CT molecular complexity index is 1240. The summed E-state index contributed by atoms with van der Waals surface area (Å²) in [4.78, 5) is 14.7. The number of piperidine rings is 1. The molecule has 0 radical (unpaired) electrons. The van der Waals surface area contributed by atoms with Gasteiger partial charge in [-0.25, -0.2) is 4.79 Å². The van der Waals surface area contributed by atoms with Crippen LogP contribution in [0.1, 0.15) is 90.3 Å². The molecule has 2 fully saturated rings. The number of amides is 1. The zero-order valence-electron chi connectivity index (χ0n) is 25.0. The van der Waals surface area contributed by atoms with Gasteiger partial charge in [-0.1, -0.05) is 28.9 Å². The number of rotatable bonds is 6. The fraction of sp³-hybridized carbons (Fsp3) is 0.625. The molecule has 2 saturated heterocycles. The van der Waals surface area contributed by atoms with Crippen LogP contribution in [-0.2, 0) is 16.1 Å². The first-order valence-corrected chi connectivity index (χ1v) is 14.6. The minimum atomic E-state index is -0.515. The second-order valence-electron chi connectivity index (χ2n) is 13.0. The highest BCUT2D eigenvalue weighted by Crippen LogP contribution is 2.56. The van der Waals surface area contributed by atoms with Crippen LogP contribution in [0.15, 0.2) is 40.4 Å². The van der Waals surface area contributed by atoms with Crippen LogP contribution in [0, 0.1) is 18.8 Å². The first kappa shape index (κ1) is 28.5. The van der Waals surface area contributed by atoms with Crippen molar-refractivity contribution in [3.63, 3.8) is 0 Å². The number of para-hydroxylation sites is 1. The van der Waals surface area contributed by atoms with Crippen molar-refractivity contribution in [1.29, 1.82) is 0 Å².